The first kappa shape index (κ1) is 14.0. The van der Waals surface area contributed by atoms with Crippen LogP contribution in [0.1, 0.15) is 20.8 Å². The summed E-state index contributed by atoms with van der Waals surface area (Å²) in [5.41, 5.74) is 1.24. The fourth-order valence-corrected chi connectivity index (χ4v) is 4.10. The minimum atomic E-state index is -0.868. The van der Waals surface area contributed by atoms with Crippen LogP contribution in [0.25, 0.3) is 20.9 Å². The van der Waals surface area contributed by atoms with Crippen LogP contribution in [-0.4, -0.2) is 11.1 Å². The zero-order chi connectivity index (χ0) is 15.8. The molecule has 0 radical (unpaired) electrons. The largest absolute Gasteiger partial charge is 0.478 e. The maximum Gasteiger partial charge on any atom is 0.335 e. The Hall–Kier alpha value is -2.65. The van der Waals surface area contributed by atoms with E-state index >= 15 is 0 Å². The van der Waals surface area contributed by atoms with E-state index in [4.69, 9.17) is 0 Å². The van der Waals surface area contributed by atoms with Gasteiger partial charge in [-0.15, -0.1) is 11.3 Å². The topological polar surface area (TPSA) is 37.3 Å². The van der Waals surface area contributed by atoms with Crippen LogP contribution in [0.3, 0.4) is 0 Å². The molecule has 2 nitrogen and oxygen atoms in total. The number of benzene rings is 3. The molecule has 0 bridgehead atoms. The molecule has 0 aliphatic heterocycles. The lowest BCUT2D eigenvalue weighted by molar-refractivity contribution is 0.0696. The fraction of sp³-hybridized carbons (Fsp3) is 0.0500. The van der Waals surface area contributed by atoms with Gasteiger partial charge in [0.05, 0.1) is 5.56 Å². The Morgan fingerprint density at radius 3 is 2.57 bits per heavy atom. The molecule has 0 saturated heterocycles. The third-order valence-electron chi connectivity index (χ3n) is 4.09. The maximum absolute atomic E-state index is 11.4. The number of fused-ring (bicyclic) bond motifs is 3. The summed E-state index contributed by atoms with van der Waals surface area (Å²) in [6.45, 7) is 0. The first-order valence-corrected chi connectivity index (χ1v) is 8.25. The number of carboxylic acids is 1. The van der Waals surface area contributed by atoms with Crippen molar-refractivity contribution in [2.75, 3.05) is 0 Å². The number of carbonyl (C=O) groups is 1. The number of hydrogen-bond donors (Lipinski definition) is 1. The molecule has 3 aromatic carbocycles. The summed E-state index contributed by atoms with van der Waals surface area (Å²) in [5.74, 6) is -0.868. The summed E-state index contributed by atoms with van der Waals surface area (Å²) in [7, 11) is 0. The molecule has 0 spiro atoms. The van der Waals surface area contributed by atoms with Gasteiger partial charge in [0.2, 0.25) is 0 Å². The highest BCUT2D eigenvalue weighted by atomic mass is 32.1. The lowest BCUT2D eigenvalue weighted by Gasteiger charge is -2.03. The summed E-state index contributed by atoms with van der Waals surface area (Å²) < 4.78 is 1.24. The van der Waals surface area contributed by atoms with Crippen LogP contribution in [0.2, 0.25) is 0 Å². The van der Waals surface area contributed by atoms with E-state index in [0.29, 0.717) is 12.0 Å². The van der Waals surface area contributed by atoms with Crippen LogP contribution in [0, 0.1) is 0 Å². The van der Waals surface area contributed by atoms with Crippen molar-refractivity contribution in [2.24, 2.45) is 0 Å². The maximum atomic E-state index is 11.4. The van der Waals surface area contributed by atoms with Gasteiger partial charge < -0.3 is 5.11 Å². The van der Waals surface area contributed by atoms with Gasteiger partial charge in [-0.25, -0.2) is 4.79 Å². The Morgan fingerprint density at radius 1 is 0.913 bits per heavy atom. The first-order valence-electron chi connectivity index (χ1n) is 7.44. The fourth-order valence-electron chi connectivity index (χ4n) is 3.00. The lowest BCUT2D eigenvalue weighted by atomic mass is 10.0. The molecule has 1 N–H and O–H groups in total. The van der Waals surface area contributed by atoms with Crippen molar-refractivity contribution >= 4 is 38.2 Å². The minimum Gasteiger partial charge on any atom is -0.478 e. The molecule has 0 saturated carbocycles. The van der Waals surface area contributed by atoms with Crippen molar-refractivity contribution in [1.29, 1.82) is 0 Å². The second-order valence-electron chi connectivity index (χ2n) is 5.55. The zero-order valence-corrected chi connectivity index (χ0v) is 13.1. The van der Waals surface area contributed by atoms with Gasteiger partial charge in [-0.2, -0.15) is 0 Å². The van der Waals surface area contributed by atoms with Gasteiger partial charge in [-0.1, -0.05) is 48.5 Å². The van der Waals surface area contributed by atoms with E-state index in [1.54, 1.807) is 23.5 Å². The molecular formula is C20H14O2S. The standard InChI is InChI=1S/C20H14O2S/c21-20(22)17-8-4-2-6-14(17)11-15-12-18-16-7-3-1-5-13(16)9-10-19(18)23-15/h1-10,12H,11H2,(H,21,22). The van der Waals surface area contributed by atoms with Gasteiger partial charge in [0, 0.05) is 21.4 Å². The second-order valence-corrected chi connectivity index (χ2v) is 6.72. The summed E-state index contributed by atoms with van der Waals surface area (Å²) in [6, 6.07) is 22.1. The second kappa shape index (κ2) is 5.52. The molecule has 0 fully saturated rings. The molecule has 3 heteroatoms. The highest BCUT2D eigenvalue weighted by Gasteiger charge is 2.12. The predicted octanol–water partition coefficient (Wildman–Crippen LogP) is 5.34. The third kappa shape index (κ3) is 2.49. The smallest absolute Gasteiger partial charge is 0.335 e. The van der Waals surface area contributed by atoms with Crippen LogP contribution in [-0.2, 0) is 6.42 Å². The van der Waals surface area contributed by atoms with E-state index in [2.05, 4.69) is 36.4 Å². The summed E-state index contributed by atoms with van der Waals surface area (Å²) in [6.07, 6.45) is 0.649. The zero-order valence-electron chi connectivity index (χ0n) is 12.3. The molecule has 1 aromatic heterocycles. The summed E-state index contributed by atoms with van der Waals surface area (Å²) >= 11 is 1.73. The van der Waals surface area contributed by atoms with Crippen LogP contribution in [0.4, 0.5) is 0 Å². The molecule has 112 valence electrons. The average Bonchev–Trinajstić information content (AvgIpc) is 2.98. The van der Waals surface area contributed by atoms with Gasteiger partial charge in [0.1, 0.15) is 0 Å². The van der Waals surface area contributed by atoms with E-state index in [1.165, 1.54) is 25.7 Å². The van der Waals surface area contributed by atoms with Gasteiger partial charge in [0.25, 0.3) is 0 Å². The predicted molar refractivity (Wildman–Crippen MR) is 95.5 cm³/mol. The van der Waals surface area contributed by atoms with Crippen molar-refractivity contribution in [2.45, 2.75) is 6.42 Å². The van der Waals surface area contributed by atoms with E-state index in [9.17, 15) is 9.90 Å². The molecule has 0 atom stereocenters. The SMILES string of the molecule is O=C(O)c1ccccc1Cc1cc2c(ccc3ccccc32)s1. The van der Waals surface area contributed by atoms with Crippen molar-refractivity contribution in [3.63, 3.8) is 0 Å². The molecular weight excluding hydrogens is 304 g/mol. The van der Waals surface area contributed by atoms with Crippen LogP contribution >= 0.6 is 11.3 Å². The van der Waals surface area contributed by atoms with Crippen LogP contribution in [0.15, 0.2) is 66.7 Å². The van der Waals surface area contributed by atoms with Crippen molar-refractivity contribution < 1.29 is 9.90 Å². The van der Waals surface area contributed by atoms with E-state index < -0.39 is 5.97 Å². The number of aromatic carboxylic acids is 1. The summed E-state index contributed by atoms with van der Waals surface area (Å²) in [5, 5.41) is 13.1. The highest BCUT2D eigenvalue weighted by Crippen LogP contribution is 2.33. The minimum absolute atomic E-state index is 0.384. The number of hydrogen-bond acceptors (Lipinski definition) is 2. The Balaban J connectivity index is 1.82. The van der Waals surface area contributed by atoms with Gasteiger partial charge in [-0.3, -0.25) is 0 Å². The Labute approximate surface area is 137 Å². The first-order chi connectivity index (χ1) is 11.2. The van der Waals surface area contributed by atoms with Crippen molar-refractivity contribution in [3.05, 3.63) is 82.7 Å². The van der Waals surface area contributed by atoms with Crippen molar-refractivity contribution in [1.82, 2.24) is 0 Å². The molecule has 0 aliphatic carbocycles. The van der Waals surface area contributed by atoms with Crippen LogP contribution < -0.4 is 0 Å². The van der Waals surface area contributed by atoms with E-state index in [1.807, 2.05) is 18.2 Å². The third-order valence-corrected chi connectivity index (χ3v) is 5.19. The lowest BCUT2D eigenvalue weighted by Crippen LogP contribution is -2.01. The quantitative estimate of drug-likeness (QED) is 0.553. The number of rotatable bonds is 3. The Kier molecular flexibility index (Phi) is 3.36. The molecule has 4 aromatic rings. The van der Waals surface area contributed by atoms with Crippen LogP contribution in [0.5, 0.6) is 0 Å². The monoisotopic (exact) mass is 318 g/mol. The van der Waals surface area contributed by atoms with E-state index in [-0.39, 0.29) is 0 Å². The highest BCUT2D eigenvalue weighted by molar-refractivity contribution is 7.19. The Morgan fingerprint density at radius 2 is 1.70 bits per heavy atom. The molecule has 23 heavy (non-hydrogen) atoms. The van der Waals surface area contributed by atoms with Gasteiger partial charge in [0.15, 0.2) is 0 Å². The molecule has 4 rings (SSSR count). The van der Waals surface area contributed by atoms with Gasteiger partial charge in [-0.05, 0) is 34.5 Å². The normalized spacial score (nSPS) is 11.1. The molecule has 0 unspecified atom stereocenters. The van der Waals surface area contributed by atoms with Gasteiger partial charge >= 0.3 is 5.97 Å². The molecule has 1 heterocycles. The average molecular weight is 318 g/mol. The Bertz CT molecular complexity index is 1030. The molecule has 0 aliphatic rings. The summed E-state index contributed by atoms with van der Waals surface area (Å²) in [4.78, 5) is 12.5. The number of carboxylic acid groups (broad SMARTS) is 1. The van der Waals surface area contributed by atoms with Crippen molar-refractivity contribution in [3.8, 4) is 0 Å². The number of thiophene rings is 1. The van der Waals surface area contributed by atoms with E-state index in [0.717, 1.165) is 5.56 Å². The molecule has 0 amide bonds.